The first kappa shape index (κ1) is 17.7. The van der Waals surface area contributed by atoms with Gasteiger partial charge >= 0.3 is 0 Å². The first-order chi connectivity index (χ1) is 9.06. The van der Waals surface area contributed by atoms with Crippen LogP contribution in [0.2, 0.25) is 25.7 Å². The van der Waals surface area contributed by atoms with E-state index in [2.05, 4.69) is 59.1 Å². The fourth-order valence-electron chi connectivity index (χ4n) is 3.39. The molecule has 1 rings (SSSR count). The van der Waals surface area contributed by atoms with Crippen LogP contribution in [0.3, 0.4) is 0 Å². The molecule has 1 nitrogen and oxygen atoms in total. The molecule has 20 heavy (non-hydrogen) atoms. The van der Waals surface area contributed by atoms with E-state index < -0.39 is 8.07 Å². The molecule has 0 heterocycles. The lowest BCUT2D eigenvalue weighted by Gasteiger charge is -2.46. The molecule has 0 saturated carbocycles. The Morgan fingerprint density at radius 2 is 1.95 bits per heavy atom. The summed E-state index contributed by atoms with van der Waals surface area (Å²) in [5, 5.41) is 9.32. The molecular formula is C18H34OSi. The highest BCUT2D eigenvalue weighted by Crippen LogP contribution is 2.52. The van der Waals surface area contributed by atoms with Gasteiger partial charge in [-0.2, -0.15) is 0 Å². The molecule has 0 aromatic carbocycles. The second-order valence-electron chi connectivity index (χ2n) is 8.45. The lowest BCUT2D eigenvalue weighted by molar-refractivity contribution is 0.152. The summed E-state index contributed by atoms with van der Waals surface area (Å²) in [6.07, 6.45) is 7.93. The molecule has 0 amide bonds. The van der Waals surface area contributed by atoms with Crippen LogP contribution in [-0.2, 0) is 0 Å². The highest BCUT2D eigenvalue weighted by molar-refractivity contribution is 6.76. The number of aliphatic hydroxyl groups excluding tert-OH is 1. The van der Waals surface area contributed by atoms with Crippen molar-refractivity contribution in [2.75, 3.05) is 6.61 Å². The quantitative estimate of drug-likeness (QED) is 0.523. The van der Waals surface area contributed by atoms with Gasteiger partial charge in [0.15, 0.2) is 0 Å². The van der Waals surface area contributed by atoms with Gasteiger partial charge < -0.3 is 5.11 Å². The molecule has 1 N–H and O–H groups in total. The Kier molecular flexibility index (Phi) is 5.48. The number of rotatable bonds is 6. The lowest BCUT2D eigenvalue weighted by Crippen LogP contribution is -2.37. The summed E-state index contributed by atoms with van der Waals surface area (Å²) in [6.45, 7) is 18.7. The first-order valence-electron chi connectivity index (χ1n) is 8.03. The third kappa shape index (κ3) is 4.08. The zero-order valence-electron chi connectivity index (χ0n) is 14.4. The smallest absolute Gasteiger partial charge is 0.0483 e. The van der Waals surface area contributed by atoms with Crippen molar-refractivity contribution in [2.24, 2.45) is 16.7 Å². The summed E-state index contributed by atoms with van der Waals surface area (Å²) in [6, 6.07) is 1.27. The van der Waals surface area contributed by atoms with E-state index in [9.17, 15) is 5.11 Å². The summed E-state index contributed by atoms with van der Waals surface area (Å²) in [7, 11) is -1.14. The molecule has 0 spiro atoms. The van der Waals surface area contributed by atoms with Crippen molar-refractivity contribution in [3.63, 3.8) is 0 Å². The normalized spacial score (nSPS) is 32.6. The van der Waals surface area contributed by atoms with E-state index in [4.69, 9.17) is 0 Å². The van der Waals surface area contributed by atoms with Crippen LogP contribution < -0.4 is 0 Å². The van der Waals surface area contributed by atoms with Crippen molar-refractivity contribution in [1.82, 2.24) is 0 Å². The number of hydrogen-bond acceptors (Lipinski definition) is 1. The molecule has 0 unspecified atom stereocenters. The molecule has 0 aromatic heterocycles. The second-order valence-corrected chi connectivity index (χ2v) is 13.9. The van der Waals surface area contributed by atoms with Crippen LogP contribution in [-0.4, -0.2) is 19.8 Å². The van der Waals surface area contributed by atoms with E-state index in [0.29, 0.717) is 12.5 Å². The Bertz CT molecular complexity index is 379. The predicted molar refractivity (Wildman–Crippen MR) is 92.7 cm³/mol. The van der Waals surface area contributed by atoms with E-state index in [1.165, 1.54) is 18.9 Å². The van der Waals surface area contributed by atoms with Gasteiger partial charge in [-0.15, -0.1) is 6.58 Å². The molecule has 2 heteroatoms. The minimum atomic E-state index is -1.14. The van der Waals surface area contributed by atoms with Gasteiger partial charge in [-0.05, 0) is 36.6 Å². The van der Waals surface area contributed by atoms with Crippen LogP contribution in [0.1, 0.15) is 40.0 Å². The van der Waals surface area contributed by atoms with E-state index in [1.54, 1.807) is 5.57 Å². The highest BCUT2D eigenvalue weighted by Gasteiger charge is 2.41. The topological polar surface area (TPSA) is 20.2 Å². The largest absolute Gasteiger partial charge is 0.396 e. The molecule has 0 bridgehead atoms. The van der Waals surface area contributed by atoms with Crippen molar-refractivity contribution in [1.29, 1.82) is 0 Å². The van der Waals surface area contributed by atoms with E-state index >= 15 is 0 Å². The minimum absolute atomic E-state index is 0.160. The van der Waals surface area contributed by atoms with Gasteiger partial charge in [-0.25, -0.2) is 0 Å². The van der Waals surface area contributed by atoms with Crippen LogP contribution in [0.25, 0.3) is 0 Å². The SMILES string of the molecule is C=C[C@]1(C)C=C(C[Si](C)(C)C)[C@](C)([C@H](C)CCO)CC1. The molecule has 0 aromatic rings. The van der Waals surface area contributed by atoms with Crippen molar-refractivity contribution in [3.05, 3.63) is 24.3 Å². The zero-order chi connectivity index (χ0) is 15.6. The van der Waals surface area contributed by atoms with Crippen LogP contribution in [0.15, 0.2) is 24.3 Å². The molecule has 1 aliphatic rings. The van der Waals surface area contributed by atoms with Crippen molar-refractivity contribution in [3.8, 4) is 0 Å². The molecular weight excluding hydrogens is 260 g/mol. The van der Waals surface area contributed by atoms with E-state index in [0.717, 1.165) is 6.42 Å². The van der Waals surface area contributed by atoms with Crippen LogP contribution in [0.5, 0.6) is 0 Å². The van der Waals surface area contributed by atoms with Gasteiger partial charge in [0.2, 0.25) is 0 Å². The van der Waals surface area contributed by atoms with Gasteiger partial charge in [0.1, 0.15) is 0 Å². The second kappa shape index (κ2) is 6.19. The molecule has 3 atom stereocenters. The van der Waals surface area contributed by atoms with Gasteiger partial charge in [-0.3, -0.25) is 0 Å². The van der Waals surface area contributed by atoms with Crippen molar-refractivity contribution in [2.45, 2.75) is 65.7 Å². The Balaban J connectivity index is 3.17. The molecule has 0 radical (unpaired) electrons. The maximum Gasteiger partial charge on any atom is 0.0483 e. The number of hydrogen-bond donors (Lipinski definition) is 1. The zero-order valence-corrected chi connectivity index (χ0v) is 15.4. The Labute approximate surface area is 127 Å². The van der Waals surface area contributed by atoms with Crippen molar-refractivity contribution < 1.29 is 5.11 Å². The summed E-state index contributed by atoms with van der Waals surface area (Å²) < 4.78 is 0. The van der Waals surface area contributed by atoms with Crippen LogP contribution in [0.4, 0.5) is 0 Å². The fraction of sp³-hybridized carbons (Fsp3) is 0.778. The van der Waals surface area contributed by atoms with E-state index in [-0.39, 0.29) is 10.8 Å². The monoisotopic (exact) mass is 294 g/mol. The molecule has 0 aliphatic heterocycles. The highest BCUT2D eigenvalue weighted by atomic mass is 28.3. The first-order valence-corrected chi connectivity index (χ1v) is 11.7. The maximum absolute atomic E-state index is 9.32. The lowest BCUT2D eigenvalue weighted by atomic mass is 9.61. The average Bonchev–Trinajstić information content (AvgIpc) is 2.33. The summed E-state index contributed by atoms with van der Waals surface area (Å²) in [4.78, 5) is 0. The maximum atomic E-state index is 9.32. The van der Waals surface area contributed by atoms with Crippen LogP contribution >= 0.6 is 0 Å². The summed E-state index contributed by atoms with van der Waals surface area (Å²) >= 11 is 0. The third-order valence-corrected chi connectivity index (χ3v) is 6.70. The van der Waals surface area contributed by atoms with Gasteiger partial charge in [0.25, 0.3) is 0 Å². The third-order valence-electron chi connectivity index (χ3n) is 5.26. The van der Waals surface area contributed by atoms with Gasteiger partial charge in [-0.1, -0.05) is 58.1 Å². The average molecular weight is 295 g/mol. The number of allylic oxidation sites excluding steroid dienone is 3. The summed E-state index contributed by atoms with van der Waals surface area (Å²) in [5.41, 5.74) is 2.05. The molecule has 0 saturated heterocycles. The van der Waals surface area contributed by atoms with Crippen molar-refractivity contribution >= 4 is 8.07 Å². The minimum Gasteiger partial charge on any atom is -0.396 e. The number of aliphatic hydroxyl groups is 1. The standard InChI is InChI=1S/C18H34OSi/c1-8-17(3)10-11-18(4,15(2)9-12-19)16(13-17)14-20(5,6)7/h8,13,15,19H,1,9-12,14H2,2-7H3/t15-,17+,18+/m1/s1. The van der Waals surface area contributed by atoms with Crippen LogP contribution in [0, 0.1) is 16.7 Å². The molecule has 1 aliphatic carbocycles. The Morgan fingerprint density at radius 1 is 1.35 bits per heavy atom. The van der Waals surface area contributed by atoms with Gasteiger partial charge in [0, 0.05) is 20.1 Å². The molecule has 0 fully saturated rings. The van der Waals surface area contributed by atoms with Gasteiger partial charge in [0.05, 0.1) is 0 Å². The van der Waals surface area contributed by atoms with E-state index in [1.807, 2.05) is 0 Å². The fourth-order valence-corrected chi connectivity index (χ4v) is 5.03. The Morgan fingerprint density at radius 3 is 2.40 bits per heavy atom. The predicted octanol–water partition coefficient (Wildman–Crippen LogP) is 5.26. The molecule has 116 valence electrons. The summed E-state index contributed by atoms with van der Waals surface area (Å²) in [5.74, 6) is 0.546. The Hall–Kier alpha value is -0.343.